The van der Waals surface area contributed by atoms with Crippen molar-refractivity contribution in [1.82, 2.24) is 0 Å². The molecule has 0 atom stereocenters. The third kappa shape index (κ3) is 2.60. The first-order valence-corrected chi connectivity index (χ1v) is 6.40. The van der Waals surface area contributed by atoms with E-state index >= 15 is 0 Å². The highest BCUT2D eigenvalue weighted by molar-refractivity contribution is 7.96. The highest BCUT2D eigenvalue weighted by atomic mass is 32.2. The van der Waals surface area contributed by atoms with Crippen LogP contribution in [0, 0.1) is 24.0 Å². The van der Waals surface area contributed by atoms with Gasteiger partial charge in [-0.25, -0.2) is 8.42 Å². The molecule has 0 heterocycles. The molecule has 1 saturated carbocycles. The smallest absolute Gasteiger partial charge is 0.210 e. The van der Waals surface area contributed by atoms with Gasteiger partial charge in [0.1, 0.15) is 0 Å². The molecular formula is C12H12O2S. The number of rotatable bonds is 1. The maximum Gasteiger partial charge on any atom is 0.245 e. The van der Waals surface area contributed by atoms with Gasteiger partial charge in [-0.05, 0) is 31.9 Å². The number of hydrogen-bond acceptors (Lipinski definition) is 2. The lowest BCUT2D eigenvalue weighted by molar-refractivity contribution is 0.606. The average Bonchev–Trinajstić information content (AvgIpc) is 2.99. The fraction of sp³-hybridized carbons (Fsp3) is 0.333. The molecule has 0 amide bonds. The summed E-state index contributed by atoms with van der Waals surface area (Å²) < 4.78 is 23.4. The van der Waals surface area contributed by atoms with Crippen LogP contribution in [-0.2, 0) is 9.84 Å². The predicted octanol–water partition coefficient (Wildman–Crippen LogP) is 2.14. The summed E-state index contributed by atoms with van der Waals surface area (Å²) in [4.78, 5) is 0.293. The van der Waals surface area contributed by atoms with Gasteiger partial charge in [-0.1, -0.05) is 23.6 Å². The van der Waals surface area contributed by atoms with E-state index < -0.39 is 9.84 Å². The summed E-state index contributed by atoms with van der Waals surface area (Å²) in [5.41, 5.74) is 1.05. The van der Waals surface area contributed by atoms with E-state index in [0.29, 0.717) is 10.8 Å². The van der Waals surface area contributed by atoms with Gasteiger partial charge in [0, 0.05) is 11.2 Å². The van der Waals surface area contributed by atoms with Gasteiger partial charge in [0.25, 0.3) is 0 Å². The summed E-state index contributed by atoms with van der Waals surface area (Å²) >= 11 is 0. The molecule has 0 spiro atoms. The molecule has 0 bridgehead atoms. The van der Waals surface area contributed by atoms with Gasteiger partial charge in [-0.15, -0.1) is 0 Å². The summed E-state index contributed by atoms with van der Waals surface area (Å²) in [5, 5.41) is 2.38. The summed E-state index contributed by atoms with van der Waals surface area (Å²) in [5.74, 6) is 3.08. The van der Waals surface area contributed by atoms with Crippen LogP contribution < -0.4 is 0 Å². The topological polar surface area (TPSA) is 34.1 Å². The molecule has 0 aromatic heterocycles. The molecule has 0 saturated heterocycles. The van der Waals surface area contributed by atoms with Crippen LogP contribution >= 0.6 is 0 Å². The minimum atomic E-state index is -3.39. The molecule has 15 heavy (non-hydrogen) atoms. The Bertz CT molecular complexity index is 511. The van der Waals surface area contributed by atoms with Crippen LogP contribution in [0.2, 0.25) is 0 Å². The quantitative estimate of drug-likeness (QED) is 0.537. The molecule has 1 aliphatic carbocycles. The predicted molar refractivity (Wildman–Crippen MR) is 58.9 cm³/mol. The lowest BCUT2D eigenvalue weighted by Crippen LogP contribution is -1.96. The minimum absolute atomic E-state index is 0.293. The molecule has 3 heteroatoms. The Labute approximate surface area is 90.2 Å². The van der Waals surface area contributed by atoms with Crippen molar-refractivity contribution in [3.05, 3.63) is 29.8 Å². The van der Waals surface area contributed by atoms with E-state index in [1.807, 2.05) is 6.92 Å². The minimum Gasteiger partial charge on any atom is -0.210 e. The first kappa shape index (κ1) is 10.3. The van der Waals surface area contributed by atoms with Crippen LogP contribution in [0.15, 0.2) is 29.2 Å². The van der Waals surface area contributed by atoms with Gasteiger partial charge in [-0.2, -0.15) is 0 Å². The van der Waals surface area contributed by atoms with E-state index in [9.17, 15) is 8.42 Å². The highest BCUT2D eigenvalue weighted by Gasteiger charge is 2.19. The molecule has 2 nitrogen and oxygen atoms in total. The second kappa shape index (κ2) is 3.71. The molecule has 0 aliphatic heterocycles. The average molecular weight is 220 g/mol. The molecular weight excluding hydrogens is 208 g/mol. The number of aryl methyl sites for hydroxylation is 1. The van der Waals surface area contributed by atoms with E-state index in [-0.39, 0.29) is 0 Å². The van der Waals surface area contributed by atoms with Crippen LogP contribution in [0.4, 0.5) is 0 Å². The number of hydrogen-bond donors (Lipinski definition) is 0. The van der Waals surface area contributed by atoms with Crippen molar-refractivity contribution in [2.24, 2.45) is 5.92 Å². The third-order valence-corrected chi connectivity index (χ3v) is 3.59. The maximum atomic E-state index is 11.7. The molecule has 0 unspecified atom stereocenters. The SMILES string of the molecule is Cc1ccc(S(=O)(=O)C#CC2CC2)cc1. The molecule has 1 aromatic rings. The van der Waals surface area contributed by atoms with E-state index in [0.717, 1.165) is 18.4 Å². The van der Waals surface area contributed by atoms with Gasteiger partial charge >= 0.3 is 0 Å². The van der Waals surface area contributed by atoms with Gasteiger partial charge in [0.05, 0.1) is 4.90 Å². The van der Waals surface area contributed by atoms with E-state index in [2.05, 4.69) is 11.2 Å². The summed E-state index contributed by atoms with van der Waals surface area (Å²) in [6, 6.07) is 6.77. The van der Waals surface area contributed by atoms with Crippen LogP contribution in [0.25, 0.3) is 0 Å². The fourth-order valence-electron chi connectivity index (χ4n) is 1.16. The Morgan fingerprint density at radius 1 is 1.20 bits per heavy atom. The Hall–Kier alpha value is -1.27. The fourth-order valence-corrected chi connectivity index (χ4v) is 2.10. The summed E-state index contributed by atoms with van der Waals surface area (Å²) in [6.45, 7) is 1.92. The van der Waals surface area contributed by atoms with Crippen molar-refractivity contribution >= 4 is 9.84 Å². The number of sulfone groups is 1. The normalized spacial score (nSPS) is 15.5. The van der Waals surface area contributed by atoms with Crippen molar-refractivity contribution in [3.8, 4) is 11.2 Å². The van der Waals surface area contributed by atoms with Crippen molar-refractivity contribution < 1.29 is 8.42 Å². The monoisotopic (exact) mass is 220 g/mol. The molecule has 2 rings (SSSR count). The summed E-state index contributed by atoms with van der Waals surface area (Å²) in [6.07, 6.45) is 2.08. The molecule has 1 fully saturated rings. The van der Waals surface area contributed by atoms with Gasteiger partial charge in [0.2, 0.25) is 9.84 Å². The molecule has 1 aromatic carbocycles. The van der Waals surface area contributed by atoms with Crippen LogP contribution in [0.3, 0.4) is 0 Å². The maximum absolute atomic E-state index is 11.7. The highest BCUT2D eigenvalue weighted by Crippen LogP contribution is 2.27. The second-order valence-corrected chi connectivity index (χ2v) is 5.52. The van der Waals surface area contributed by atoms with Gasteiger partial charge in [0.15, 0.2) is 0 Å². The molecule has 78 valence electrons. The van der Waals surface area contributed by atoms with Crippen molar-refractivity contribution in [3.63, 3.8) is 0 Å². The van der Waals surface area contributed by atoms with Crippen molar-refractivity contribution in [1.29, 1.82) is 0 Å². The Morgan fingerprint density at radius 2 is 1.80 bits per heavy atom. The zero-order valence-electron chi connectivity index (χ0n) is 8.53. The van der Waals surface area contributed by atoms with Crippen LogP contribution in [0.1, 0.15) is 18.4 Å². The molecule has 0 N–H and O–H groups in total. The molecule has 1 aliphatic rings. The van der Waals surface area contributed by atoms with Crippen molar-refractivity contribution in [2.75, 3.05) is 0 Å². The first-order chi connectivity index (χ1) is 7.08. The van der Waals surface area contributed by atoms with Gasteiger partial charge in [-0.3, -0.25) is 0 Å². The van der Waals surface area contributed by atoms with E-state index in [1.165, 1.54) is 0 Å². The lowest BCUT2D eigenvalue weighted by Gasteiger charge is -1.96. The third-order valence-electron chi connectivity index (χ3n) is 2.31. The molecule has 0 radical (unpaired) electrons. The van der Waals surface area contributed by atoms with E-state index in [4.69, 9.17) is 0 Å². The Balaban J connectivity index is 2.29. The van der Waals surface area contributed by atoms with Gasteiger partial charge < -0.3 is 0 Å². The first-order valence-electron chi connectivity index (χ1n) is 4.92. The Kier molecular flexibility index (Phi) is 2.54. The zero-order valence-corrected chi connectivity index (χ0v) is 9.34. The van der Waals surface area contributed by atoms with Crippen LogP contribution in [-0.4, -0.2) is 8.42 Å². The van der Waals surface area contributed by atoms with E-state index in [1.54, 1.807) is 24.3 Å². The lowest BCUT2D eigenvalue weighted by atomic mass is 10.2. The second-order valence-electron chi connectivity index (χ2n) is 3.84. The van der Waals surface area contributed by atoms with Crippen LogP contribution in [0.5, 0.6) is 0 Å². The zero-order chi connectivity index (χ0) is 10.9. The van der Waals surface area contributed by atoms with Crippen molar-refractivity contribution in [2.45, 2.75) is 24.7 Å². The Morgan fingerprint density at radius 3 is 2.33 bits per heavy atom. The summed E-state index contributed by atoms with van der Waals surface area (Å²) in [7, 11) is -3.39. The number of benzene rings is 1. The largest absolute Gasteiger partial charge is 0.245 e. The standard InChI is InChI=1S/C12H12O2S/c1-10-2-6-12(7-3-10)15(13,14)9-8-11-4-5-11/h2-3,6-7,11H,4-5H2,1H3.